The average molecular weight is 559 g/mol. The van der Waals surface area contributed by atoms with Gasteiger partial charge in [-0.3, -0.25) is 14.5 Å². The fourth-order valence-electron chi connectivity index (χ4n) is 4.89. The molecule has 0 saturated heterocycles. The fourth-order valence-corrected chi connectivity index (χ4v) is 5.15. The Morgan fingerprint density at radius 3 is 2.44 bits per heavy atom. The van der Waals surface area contributed by atoms with Gasteiger partial charge in [0.1, 0.15) is 17.6 Å². The third-order valence-electron chi connectivity index (χ3n) is 6.39. The van der Waals surface area contributed by atoms with Gasteiger partial charge in [0, 0.05) is 27.7 Å². The number of nitrogens with zero attached hydrogens (tertiary/aromatic N) is 1. The molecule has 0 saturated carbocycles. The summed E-state index contributed by atoms with van der Waals surface area (Å²) in [5.41, 5.74) is 1.24. The summed E-state index contributed by atoms with van der Waals surface area (Å²) < 4.78 is 48.8. The maximum absolute atomic E-state index is 14.0. The van der Waals surface area contributed by atoms with Gasteiger partial charge in [-0.25, -0.2) is 0 Å². The van der Waals surface area contributed by atoms with Crippen molar-refractivity contribution in [3.05, 3.63) is 82.2 Å². The molecule has 1 aromatic heterocycles. The lowest BCUT2D eigenvalue weighted by Crippen LogP contribution is -2.45. The molecule has 0 bridgehead atoms. The number of hydrogen-bond acceptors (Lipinski definition) is 4. The lowest BCUT2D eigenvalue weighted by atomic mass is 9.74. The highest BCUT2D eigenvalue weighted by atomic mass is 79.9. The molecule has 0 radical (unpaired) electrons. The molecule has 36 heavy (non-hydrogen) atoms. The van der Waals surface area contributed by atoms with Crippen LogP contribution in [-0.4, -0.2) is 17.9 Å². The van der Waals surface area contributed by atoms with Gasteiger partial charge in [0.05, 0.1) is 11.4 Å². The van der Waals surface area contributed by atoms with Gasteiger partial charge in [-0.05, 0) is 48.2 Å². The Kier molecular flexibility index (Phi) is 5.86. The predicted octanol–water partition coefficient (Wildman–Crippen LogP) is 7.41. The molecule has 2 aliphatic rings. The highest BCUT2D eigenvalue weighted by molar-refractivity contribution is 9.10. The number of ketones is 1. The summed E-state index contributed by atoms with van der Waals surface area (Å²) in [6.45, 7) is 3.86. The molecule has 0 fully saturated rings. The van der Waals surface area contributed by atoms with Gasteiger partial charge in [0.15, 0.2) is 5.78 Å². The van der Waals surface area contributed by atoms with Gasteiger partial charge >= 0.3 is 12.1 Å². The van der Waals surface area contributed by atoms with Gasteiger partial charge in [-0.15, -0.1) is 0 Å². The molecule has 5 rings (SSSR count). The van der Waals surface area contributed by atoms with Crippen molar-refractivity contribution in [1.29, 1.82) is 0 Å². The summed E-state index contributed by atoms with van der Waals surface area (Å²) in [6.07, 6.45) is -4.61. The zero-order valence-electron chi connectivity index (χ0n) is 19.4. The maximum Gasteiger partial charge on any atom is 0.471 e. The van der Waals surface area contributed by atoms with Crippen LogP contribution in [0.2, 0.25) is 0 Å². The molecular formula is C27H22BrF3N2O3. The number of anilines is 2. The molecule has 3 aromatic rings. The molecule has 9 heteroatoms. The van der Waals surface area contributed by atoms with Crippen LogP contribution in [0.1, 0.15) is 38.5 Å². The number of para-hydroxylation sites is 2. The summed E-state index contributed by atoms with van der Waals surface area (Å²) in [5.74, 6) is -1.92. The van der Waals surface area contributed by atoms with E-state index < -0.39 is 23.5 Å². The van der Waals surface area contributed by atoms with Crippen LogP contribution in [0.5, 0.6) is 0 Å². The molecule has 1 unspecified atom stereocenters. The number of amides is 1. The number of furan rings is 1. The highest BCUT2D eigenvalue weighted by Crippen LogP contribution is 2.49. The molecule has 0 spiro atoms. The lowest BCUT2D eigenvalue weighted by Gasteiger charge is -2.36. The number of rotatable bonds is 2. The van der Waals surface area contributed by atoms with E-state index in [0.717, 1.165) is 4.47 Å². The van der Waals surface area contributed by atoms with Crippen molar-refractivity contribution in [3.63, 3.8) is 0 Å². The number of allylic oxidation sites excluding steroid dienone is 1. The van der Waals surface area contributed by atoms with E-state index in [4.69, 9.17) is 4.42 Å². The van der Waals surface area contributed by atoms with Gasteiger partial charge in [0.2, 0.25) is 0 Å². The number of fused-ring (bicyclic) bond motifs is 1. The van der Waals surface area contributed by atoms with Crippen molar-refractivity contribution >= 4 is 39.0 Å². The minimum absolute atomic E-state index is 0.0198. The molecule has 1 aliphatic heterocycles. The molecule has 1 amide bonds. The van der Waals surface area contributed by atoms with Crippen LogP contribution in [0, 0.1) is 5.41 Å². The van der Waals surface area contributed by atoms with Gasteiger partial charge in [-0.2, -0.15) is 13.2 Å². The Morgan fingerprint density at radius 2 is 1.75 bits per heavy atom. The second-order valence-electron chi connectivity index (χ2n) is 9.76. The molecule has 186 valence electrons. The van der Waals surface area contributed by atoms with Gasteiger partial charge in [-0.1, -0.05) is 54.0 Å². The fraction of sp³-hybridized carbons (Fsp3) is 0.259. The zero-order chi connectivity index (χ0) is 25.8. The number of alkyl halides is 3. The Morgan fingerprint density at radius 1 is 1.06 bits per heavy atom. The summed E-state index contributed by atoms with van der Waals surface area (Å²) in [6, 6.07) is 15.3. The molecule has 1 N–H and O–H groups in total. The summed E-state index contributed by atoms with van der Waals surface area (Å²) in [7, 11) is 0. The molecule has 5 nitrogen and oxygen atoms in total. The number of halogens is 4. The zero-order valence-corrected chi connectivity index (χ0v) is 21.0. The van der Waals surface area contributed by atoms with E-state index >= 15 is 0 Å². The molecule has 2 aromatic carbocycles. The first kappa shape index (κ1) is 24.4. The standard InChI is InChI=1S/C27H22BrF3N2O3/c1-26(2)13-18-23(20(34)14-26)24(22-12-11-21(36-22)15-7-9-16(28)10-8-15)33(25(35)27(29,30)31)19-6-4-3-5-17(19)32-18/h3-12,24,32H,13-14H2,1-2H3. The Balaban J connectivity index is 1.75. The summed E-state index contributed by atoms with van der Waals surface area (Å²) in [4.78, 5) is 27.1. The normalized spacial score (nSPS) is 19.3. The molecule has 2 heterocycles. The third kappa shape index (κ3) is 4.36. The van der Waals surface area contributed by atoms with E-state index in [0.29, 0.717) is 34.0 Å². The molecule has 1 aliphatic carbocycles. The van der Waals surface area contributed by atoms with E-state index in [1.807, 2.05) is 26.0 Å². The quantitative estimate of drug-likeness (QED) is 0.355. The first-order valence-electron chi connectivity index (χ1n) is 11.3. The number of carbonyl (C=O) groups is 2. The van der Waals surface area contributed by atoms with Crippen molar-refractivity contribution in [2.75, 3.05) is 10.2 Å². The number of nitrogens with one attached hydrogen (secondary N) is 1. The smallest absolute Gasteiger partial charge is 0.459 e. The van der Waals surface area contributed by atoms with Crippen LogP contribution in [0.15, 0.2) is 80.8 Å². The van der Waals surface area contributed by atoms with Crippen molar-refractivity contribution in [2.45, 2.75) is 38.9 Å². The summed E-state index contributed by atoms with van der Waals surface area (Å²) >= 11 is 3.37. The van der Waals surface area contributed by atoms with Gasteiger partial charge < -0.3 is 9.73 Å². The van der Waals surface area contributed by atoms with E-state index in [1.54, 1.807) is 36.4 Å². The van der Waals surface area contributed by atoms with Crippen LogP contribution in [0.4, 0.5) is 24.5 Å². The monoisotopic (exact) mass is 558 g/mol. The van der Waals surface area contributed by atoms with Crippen LogP contribution >= 0.6 is 15.9 Å². The minimum Gasteiger partial charge on any atom is -0.459 e. The Hall–Kier alpha value is -3.33. The first-order chi connectivity index (χ1) is 16.9. The summed E-state index contributed by atoms with van der Waals surface area (Å²) in [5, 5.41) is 3.18. The minimum atomic E-state index is -5.17. The van der Waals surface area contributed by atoms with E-state index in [1.165, 1.54) is 12.1 Å². The number of hydrogen-bond donors (Lipinski definition) is 1. The van der Waals surface area contributed by atoms with Crippen molar-refractivity contribution in [2.24, 2.45) is 5.41 Å². The highest BCUT2D eigenvalue weighted by Gasteiger charge is 2.51. The topological polar surface area (TPSA) is 62.6 Å². The average Bonchev–Trinajstić information content (AvgIpc) is 3.22. The van der Waals surface area contributed by atoms with Crippen molar-refractivity contribution < 1.29 is 27.2 Å². The van der Waals surface area contributed by atoms with E-state index in [-0.39, 0.29) is 29.2 Å². The number of benzene rings is 2. The van der Waals surface area contributed by atoms with Crippen molar-refractivity contribution in [3.8, 4) is 11.3 Å². The Bertz CT molecular complexity index is 1390. The van der Waals surface area contributed by atoms with E-state index in [9.17, 15) is 22.8 Å². The lowest BCUT2D eigenvalue weighted by molar-refractivity contribution is -0.171. The third-order valence-corrected chi connectivity index (χ3v) is 6.92. The molecule has 1 atom stereocenters. The Labute approximate surface area is 214 Å². The largest absolute Gasteiger partial charge is 0.471 e. The second kappa shape index (κ2) is 8.65. The predicted molar refractivity (Wildman–Crippen MR) is 133 cm³/mol. The van der Waals surface area contributed by atoms with Crippen LogP contribution in [0.25, 0.3) is 11.3 Å². The molecular weight excluding hydrogens is 537 g/mol. The van der Waals surface area contributed by atoms with Crippen LogP contribution < -0.4 is 10.2 Å². The SMILES string of the molecule is CC1(C)CC(=O)C2=C(C1)Nc1ccccc1N(C(=O)C(F)(F)F)C2c1ccc(-c2ccc(Br)cc2)o1. The maximum atomic E-state index is 14.0. The van der Waals surface area contributed by atoms with Crippen LogP contribution in [0.3, 0.4) is 0 Å². The first-order valence-corrected chi connectivity index (χ1v) is 12.1. The number of carbonyl (C=O) groups excluding carboxylic acids is 2. The van der Waals surface area contributed by atoms with E-state index in [2.05, 4.69) is 21.2 Å². The van der Waals surface area contributed by atoms with Crippen LogP contribution in [-0.2, 0) is 9.59 Å². The van der Waals surface area contributed by atoms with Gasteiger partial charge in [0.25, 0.3) is 0 Å². The number of Topliss-reactive ketones (excluding diaryl/α,β-unsaturated/α-hetero) is 1. The second-order valence-corrected chi connectivity index (χ2v) is 10.7. The van der Waals surface area contributed by atoms with Crippen molar-refractivity contribution in [1.82, 2.24) is 0 Å².